The Balaban J connectivity index is 1.25. The zero-order chi connectivity index (χ0) is 28.4. The van der Waals surface area contributed by atoms with E-state index in [1.165, 1.54) is 0 Å². The number of aliphatic hydroxyl groups excluding tert-OH is 2. The lowest BCUT2D eigenvalue weighted by atomic mass is 9.81. The molecule has 1 aliphatic rings. The van der Waals surface area contributed by atoms with Crippen molar-refractivity contribution < 1.29 is 19.7 Å². The van der Waals surface area contributed by atoms with Gasteiger partial charge in [-0.1, -0.05) is 30.3 Å². The van der Waals surface area contributed by atoms with Crippen LogP contribution in [0.4, 0.5) is 5.82 Å². The summed E-state index contributed by atoms with van der Waals surface area (Å²) in [5.74, 6) is 0.162. The Bertz CT molecular complexity index is 1700. The molecule has 11 nitrogen and oxygen atoms in total. The minimum absolute atomic E-state index is 0.422. The van der Waals surface area contributed by atoms with Gasteiger partial charge in [-0.15, -0.1) is 5.10 Å². The summed E-state index contributed by atoms with van der Waals surface area (Å²) in [7, 11) is 0. The topological polar surface area (TPSA) is 141 Å². The zero-order valence-electron chi connectivity index (χ0n) is 22.6. The summed E-state index contributed by atoms with van der Waals surface area (Å²) in [6, 6.07) is 16.0. The van der Waals surface area contributed by atoms with E-state index in [1.54, 1.807) is 6.20 Å². The molecular weight excluding hydrogens is 522 g/mol. The van der Waals surface area contributed by atoms with E-state index in [2.05, 4.69) is 25.5 Å². The van der Waals surface area contributed by atoms with Crippen LogP contribution in [0.15, 0.2) is 79.1 Å². The van der Waals surface area contributed by atoms with Gasteiger partial charge in [0.2, 0.25) is 5.76 Å². The van der Waals surface area contributed by atoms with Crippen LogP contribution in [0, 0.1) is 0 Å². The first-order valence-electron chi connectivity index (χ1n) is 13.6. The number of hydrogen-bond donors (Lipinski definition) is 4. The minimum Gasteiger partial charge on any atom is -0.512 e. The third kappa shape index (κ3) is 5.13. The summed E-state index contributed by atoms with van der Waals surface area (Å²) in [6.07, 6.45) is 7.80. The summed E-state index contributed by atoms with van der Waals surface area (Å²) in [5.41, 5.74) is 4.01. The van der Waals surface area contributed by atoms with Crippen molar-refractivity contribution in [2.75, 3.05) is 24.6 Å². The molecular formula is C30H31N7O4. The number of fused-ring (bicyclic) bond motifs is 3. The maximum Gasteiger partial charge on any atom is 0.289 e. The van der Waals surface area contributed by atoms with Crippen molar-refractivity contribution in [3.63, 3.8) is 0 Å². The molecule has 1 aliphatic heterocycles. The molecule has 210 valence electrons. The van der Waals surface area contributed by atoms with E-state index in [-0.39, 0.29) is 0 Å². The molecule has 41 heavy (non-hydrogen) atoms. The molecule has 1 amide bonds. The number of pyridine rings is 2. The van der Waals surface area contributed by atoms with Gasteiger partial charge in [0.15, 0.2) is 5.65 Å². The van der Waals surface area contributed by atoms with Crippen molar-refractivity contribution in [1.82, 2.24) is 30.1 Å². The van der Waals surface area contributed by atoms with Crippen molar-refractivity contribution in [3.8, 4) is 16.9 Å². The number of anilines is 1. The Hall–Kier alpha value is -5.06. The average molecular weight is 554 g/mol. The number of rotatable bonds is 8. The molecule has 1 saturated heterocycles. The first-order valence-corrected chi connectivity index (χ1v) is 13.6. The van der Waals surface area contributed by atoms with Crippen LogP contribution < -0.4 is 15.0 Å². The standard InChI is InChI=1S/C30H31N7O4/c1-2-41-22-14-23(27-24-17-32-34-28(24)35-37(27)18-22)21-8-9-26(31-16-21)36-12-10-30(11-13-36,33-29(40)25(39)19-38)15-20-6-4-3-5-7-20/h3-9,14,16-19,38-39H,2,10-13,15H2,1H3,(H,33,40)(H,34,35)/b25-19-. The average Bonchev–Trinajstić information content (AvgIpc) is 3.59. The van der Waals surface area contributed by atoms with Gasteiger partial charge in [0.25, 0.3) is 5.91 Å². The zero-order valence-corrected chi connectivity index (χ0v) is 22.6. The highest BCUT2D eigenvalue weighted by Crippen LogP contribution is 2.34. The maximum absolute atomic E-state index is 12.5. The second-order valence-electron chi connectivity index (χ2n) is 10.3. The molecule has 6 rings (SSSR count). The predicted molar refractivity (Wildman–Crippen MR) is 155 cm³/mol. The van der Waals surface area contributed by atoms with E-state index >= 15 is 0 Å². The molecule has 5 aromatic rings. The highest BCUT2D eigenvalue weighted by Gasteiger charge is 2.37. The van der Waals surface area contributed by atoms with Crippen LogP contribution in [0.3, 0.4) is 0 Å². The second kappa shape index (κ2) is 10.8. The number of nitrogens with one attached hydrogen (secondary N) is 2. The fourth-order valence-electron chi connectivity index (χ4n) is 5.60. The van der Waals surface area contributed by atoms with Crippen LogP contribution in [0.25, 0.3) is 27.7 Å². The molecule has 1 fully saturated rings. The molecule has 5 heterocycles. The largest absolute Gasteiger partial charge is 0.512 e. The monoisotopic (exact) mass is 553 g/mol. The maximum atomic E-state index is 12.5. The number of aromatic nitrogens is 5. The first kappa shape index (κ1) is 26.2. The Morgan fingerprint density at radius 2 is 1.98 bits per heavy atom. The number of ether oxygens (including phenoxy) is 1. The number of hydrogen-bond acceptors (Lipinski definition) is 8. The molecule has 4 N–H and O–H groups in total. The van der Waals surface area contributed by atoms with Crippen LogP contribution in [-0.4, -0.2) is 66.2 Å². The molecule has 0 saturated carbocycles. The van der Waals surface area contributed by atoms with E-state index in [1.807, 2.05) is 72.4 Å². The van der Waals surface area contributed by atoms with Gasteiger partial charge >= 0.3 is 0 Å². The third-order valence-corrected chi connectivity index (χ3v) is 7.64. The molecule has 0 unspecified atom stereocenters. The summed E-state index contributed by atoms with van der Waals surface area (Å²) >= 11 is 0. The Morgan fingerprint density at radius 1 is 1.17 bits per heavy atom. The van der Waals surface area contributed by atoms with Gasteiger partial charge in [-0.2, -0.15) is 5.10 Å². The van der Waals surface area contributed by atoms with Gasteiger partial charge in [-0.3, -0.25) is 9.89 Å². The van der Waals surface area contributed by atoms with E-state index in [0.29, 0.717) is 56.6 Å². The second-order valence-corrected chi connectivity index (χ2v) is 10.3. The lowest BCUT2D eigenvalue weighted by Crippen LogP contribution is -2.57. The summed E-state index contributed by atoms with van der Waals surface area (Å²) in [5, 5.41) is 34.5. The van der Waals surface area contributed by atoms with E-state index in [0.717, 1.165) is 33.4 Å². The van der Waals surface area contributed by atoms with E-state index in [4.69, 9.17) is 14.8 Å². The van der Waals surface area contributed by atoms with E-state index < -0.39 is 17.2 Å². The van der Waals surface area contributed by atoms with Gasteiger partial charge in [0.1, 0.15) is 17.8 Å². The number of H-pyrrole nitrogens is 1. The smallest absolute Gasteiger partial charge is 0.289 e. The summed E-state index contributed by atoms with van der Waals surface area (Å²) in [4.78, 5) is 19.5. The number of piperidine rings is 1. The molecule has 0 bridgehead atoms. The van der Waals surface area contributed by atoms with Crippen molar-refractivity contribution in [3.05, 3.63) is 84.7 Å². The number of nitrogens with zero attached hydrogens (tertiary/aromatic N) is 5. The molecule has 4 aromatic heterocycles. The van der Waals surface area contributed by atoms with Gasteiger partial charge in [0, 0.05) is 36.0 Å². The third-order valence-electron chi connectivity index (χ3n) is 7.64. The van der Waals surface area contributed by atoms with Crippen LogP contribution in [0.2, 0.25) is 0 Å². The Labute approximate surface area is 236 Å². The molecule has 0 spiro atoms. The number of aliphatic hydroxyl groups is 2. The summed E-state index contributed by atoms with van der Waals surface area (Å²) < 4.78 is 7.61. The molecule has 0 aliphatic carbocycles. The number of benzene rings is 1. The van der Waals surface area contributed by atoms with Gasteiger partial charge in [-0.05, 0) is 49.9 Å². The minimum atomic E-state index is -0.703. The van der Waals surface area contributed by atoms with Crippen LogP contribution >= 0.6 is 0 Å². The predicted octanol–water partition coefficient (Wildman–Crippen LogP) is 4.33. The normalized spacial score (nSPS) is 15.3. The molecule has 11 heteroatoms. The number of amides is 1. The van der Waals surface area contributed by atoms with Crippen molar-refractivity contribution in [1.29, 1.82) is 0 Å². The van der Waals surface area contributed by atoms with Crippen molar-refractivity contribution in [2.24, 2.45) is 0 Å². The van der Waals surface area contributed by atoms with Crippen molar-refractivity contribution >= 4 is 28.3 Å². The lowest BCUT2D eigenvalue weighted by molar-refractivity contribution is -0.122. The molecule has 1 aromatic carbocycles. The molecule has 0 atom stereocenters. The van der Waals surface area contributed by atoms with Crippen LogP contribution in [0.5, 0.6) is 5.75 Å². The van der Waals surface area contributed by atoms with Gasteiger partial charge in [0.05, 0.1) is 29.9 Å². The fraction of sp³-hybridized carbons (Fsp3) is 0.267. The van der Waals surface area contributed by atoms with Crippen molar-refractivity contribution in [2.45, 2.75) is 31.7 Å². The first-order chi connectivity index (χ1) is 20.0. The SMILES string of the molecule is CCOc1cc(-c2ccc(N3CCC(Cc4ccccc4)(NC(=O)/C(O)=C/O)CC3)nc2)c2c3cn[nH]c3nn2c1. The van der Waals surface area contributed by atoms with Crippen LogP contribution in [0.1, 0.15) is 25.3 Å². The molecule has 0 radical (unpaired) electrons. The Morgan fingerprint density at radius 3 is 2.68 bits per heavy atom. The Kier molecular flexibility index (Phi) is 6.92. The van der Waals surface area contributed by atoms with Gasteiger partial charge in [-0.25, -0.2) is 9.50 Å². The lowest BCUT2D eigenvalue weighted by Gasteiger charge is -2.43. The van der Waals surface area contributed by atoms with Crippen LogP contribution in [-0.2, 0) is 11.2 Å². The highest BCUT2D eigenvalue weighted by molar-refractivity contribution is 6.01. The van der Waals surface area contributed by atoms with Gasteiger partial charge < -0.3 is 25.2 Å². The highest BCUT2D eigenvalue weighted by atomic mass is 16.5. The number of carbonyl (C=O) groups is 1. The fourth-order valence-corrected chi connectivity index (χ4v) is 5.60. The number of carbonyl (C=O) groups excluding carboxylic acids is 1. The quantitative estimate of drug-likeness (QED) is 0.164. The van der Waals surface area contributed by atoms with E-state index in [9.17, 15) is 9.90 Å². The summed E-state index contributed by atoms with van der Waals surface area (Å²) in [6.45, 7) is 3.80. The number of aromatic amines is 1.